The van der Waals surface area contributed by atoms with Crippen molar-refractivity contribution in [1.29, 1.82) is 0 Å². The van der Waals surface area contributed by atoms with Crippen LogP contribution in [-0.2, 0) is 10.3 Å². The van der Waals surface area contributed by atoms with E-state index in [0.29, 0.717) is 43.4 Å². The third-order valence-electron chi connectivity index (χ3n) is 4.63. The maximum atomic E-state index is 12.5. The Labute approximate surface area is 163 Å². The summed E-state index contributed by atoms with van der Waals surface area (Å²) < 4.78 is 11.1. The van der Waals surface area contributed by atoms with Gasteiger partial charge in [-0.3, -0.25) is 4.79 Å². The molecule has 7 nitrogen and oxygen atoms in total. The molecule has 1 aliphatic heterocycles. The predicted octanol–water partition coefficient (Wildman–Crippen LogP) is 3.45. The van der Waals surface area contributed by atoms with Crippen LogP contribution in [-0.4, -0.2) is 48.3 Å². The van der Waals surface area contributed by atoms with Crippen LogP contribution in [0.1, 0.15) is 29.8 Å². The average Bonchev–Trinajstić information content (AvgIpc) is 2.68. The summed E-state index contributed by atoms with van der Waals surface area (Å²) in [5.41, 5.74) is 0.742. The van der Waals surface area contributed by atoms with Crippen molar-refractivity contribution in [3.63, 3.8) is 0 Å². The van der Waals surface area contributed by atoms with Gasteiger partial charge in [0.25, 0.3) is 5.91 Å². The Hall–Kier alpha value is -3.06. The van der Waals surface area contributed by atoms with Gasteiger partial charge in [-0.2, -0.15) is 0 Å². The number of hydrogen-bond acceptors (Lipinski definition) is 4. The zero-order chi connectivity index (χ0) is 20.1. The van der Waals surface area contributed by atoms with E-state index in [1.807, 2.05) is 12.1 Å². The summed E-state index contributed by atoms with van der Waals surface area (Å²) in [7, 11) is 0. The van der Waals surface area contributed by atoms with E-state index in [-0.39, 0.29) is 5.91 Å². The largest absolute Gasteiger partial charge is 0.465 e. The minimum absolute atomic E-state index is 0.00707. The summed E-state index contributed by atoms with van der Waals surface area (Å²) in [5, 5.41) is 11.4. The summed E-state index contributed by atoms with van der Waals surface area (Å²) in [5.74, 6) is 1.24. The van der Waals surface area contributed by atoms with Crippen LogP contribution < -0.4 is 10.1 Å². The van der Waals surface area contributed by atoms with E-state index in [4.69, 9.17) is 14.6 Å². The molecule has 1 saturated heterocycles. The second-order valence-corrected chi connectivity index (χ2v) is 7.11. The lowest BCUT2D eigenvalue weighted by molar-refractivity contribution is 0.0303. The molecule has 1 fully saturated rings. The number of nitrogens with zero attached hydrogens (tertiary/aromatic N) is 1. The highest BCUT2D eigenvalue weighted by atomic mass is 16.5. The van der Waals surface area contributed by atoms with E-state index in [0.717, 1.165) is 5.56 Å². The third kappa shape index (κ3) is 4.80. The lowest BCUT2D eigenvalue weighted by Crippen LogP contribution is -2.40. The van der Waals surface area contributed by atoms with Gasteiger partial charge in [-0.15, -0.1) is 0 Å². The molecule has 0 bridgehead atoms. The van der Waals surface area contributed by atoms with Crippen LogP contribution in [0, 0.1) is 0 Å². The Kier molecular flexibility index (Phi) is 5.84. The van der Waals surface area contributed by atoms with Gasteiger partial charge in [0, 0.05) is 18.7 Å². The smallest absolute Gasteiger partial charge is 0.405 e. The Morgan fingerprint density at radius 3 is 2.07 bits per heavy atom. The highest BCUT2D eigenvalue weighted by molar-refractivity contribution is 5.94. The molecule has 2 aromatic carbocycles. The number of carboxylic acid groups (broad SMARTS) is 1. The van der Waals surface area contributed by atoms with E-state index < -0.39 is 11.6 Å². The molecule has 28 heavy (non-hydrogen) atoms. The Balaban J connectivity index is 1.64. The van der Waals surface area contributed by atoms with Crippen molar-refractivity contribution in [2.75, 3.05) is 26.3 Å². The number of benzene rings is 2. The molecule has 148 valence electrons. The topological polar surface area (TPSA) is 88.1 Å². The molecule has 7 heteroatoms. The van der Waals surface area contributed by atoms with Gasteiger partial charge < -0.3 is 24.8 Å². The zero-order valence-electron chi connectivity index (χ0n) is 16.0. The molecule has 0 atom stereocenters. The van der Waals surface area contributed by atoms with Gasteiger partial charge >= 0.3 is 6.09 Å². The first-order chi connectivity index (χ1) is 13.3. The molecule has 2 amide bonds. The SMILES string of the molecule is CC(C)(NC(=O)O)c1ccc(Oc2ccc(C(=O)N3CCOCC3)cc2)cc1. The quantitative estimate of drug-likeness (QED) is 0.824. The Morgan fingerprint density at radius 2 is 1.54 bits per heavy atom. The first-order valence-corrected chi connectivity index (χ1v) is 9.12. The van der Waals surface area contributed by atoms with Gasteiger partial charge in [0.15, 0.2) is 0 Å². The van der Waals surface area contributed by atoms with Crippen LogP contribution in [0.3, 0.4) is 0 Å². The summed E-state index contributed by atoms with van der Waals surface area (Å²) in [6.07, 6.45) is -1.07. The van der Waals surface area contributed by atoms with Crippen LogP contribution in [0.15, 0.2) is 48.5 Å². The maximum absolute atomic E-state index is 12.5. The van der Waals surface area contributed by atoms with E-state index >= 15 is 0 Å². The molecule has 0 unspecified atom stereocenters. The van der Waals surface area contributed by atoms with E-state index in [1.165, 1.54) is 0 Å². The molecule has 0 radical (unpaired) electrons. The molecule has 2 aromatic rings. The van der Waals surface area contributed by atoms with Gasteiger partial charge in [-0.05, 0) is 55.8 Å². The van der Waals surface area contributed by atoms with Crippen LogP contribution >= 0.6 is 0 Å². The minimum Gasteiger partial charge on any atom is -0.465 e. The molecule has 0 saturated carbocycles. The lowest BCUT2D eigenvalue weighted by atomic mass is 9.94. The monoisotopic (exact) mass is 384 g/mol. The van der Waals surface area contributed by atoms with Crippen LogP contribution in [0.5, 0.6) is 11.5 Å². The summed E-state index contributed by atoms with van der Waals surface area (Å²) in [6.45, 7) is 5.94. The van der Waals surface area contributed by atoms with Crippen molar-refractivity contribution in [1.82, 2.24) is 10.2 Å². The number of ether oxygens (including phenoxy) is 2. The Morgan fingerprint density at radius 1 is 1.00 bits per heavy atom. The zero-order valence-corrected chi connectivity index (χ0v) is 16.0. The normalized spacial score (nSPS) is 14.4. The number of nitrogens with one attached hydrogen (secondary N) is 1. The molecule has 0 aromatic heterocycles. The van der Waals surface area contributed by atoms with Crippen LogP contribution in [0.4, 0.5) is 4.79 Å². The number of carbonyl (C=O) groups excluding carboxylic acids is 1. The fourth-order valence-electron chi connectivity index (χ4n) is 3.03. The summed E-state index contributed by atoms with van der Waals surface area (Å²) >= 11 is 0. The van der Waals surface area contributed by atoms with Crippen molar-refractivity contribution < 1.29 is 24.2 Å². The molecule has 3 rings (SSSR count). The first kappa shape index (κ1) is 19.7. The van der Waals surface area contributed by atoms with E-state index in [2.05, 4.69) is 5.32 Å². The van der Waals surface area contributed by atoms with Gasteiger partial charge in [0.05, 0.1) is 18.8 Å². The number of hydrogen-bond donors (Lipinski definition) is 2. The number of amides is 2. The van der Waals surface area contributed by atoms with Crippen molar-refractivity contribution >= 4 is 12.0 Å². The van der Waals surface area contributed by atoms with E-state index in [1.54, 1.807) is 55.1 Å². The van der Waals surface area contributed by atoms with Crippen molar-refractivity contribution in [2.45, 2.75) is 19.4 Å². The highest BCUT2D eigenvalue weighted by Crippen LogP contribution is 2.26. The third-order valence-corrected chi connectivity index (χ3v) is 4.63. The summed E-state index contributed by atoms with van der Waals surface area (Å²) in [4.78, 5) is 25.1. The molecule has 1 aliphatic rings. The second-order valence-electron chi connectivity index (χ2n) is 7.11. The standard InChI is InChI=1S/C21H24N2O5/c1-21(2,22-20(25)26)16-5-9-18(10-6-16)28-17-7-3-15(4-8-17)19(24)23-11-13-27-14-12-23/h3-10,22H,11-14H2,1-2H3,(H,25,26). The van der Waals surface area contributed by atoms with Gasteiger partial charge in [-0.25, -0.2) is 4.79 Å². The number of morpholine rings is 1. The van der Waals surface area contributed by atoms with Crippen molar-refractivity contribution in [2.24, 2.45) is 0 Å². The van der Waals surface area contributed by atoms with Crippen LogP contribution in [0.2, 0.25) is 0 Å². The van der Waals surface area contributed by atoms with Gasteiger partial charge in [0.1, 0.15) is 11.5 Å². The van der Waals surface area contributed by atoms with Crippen molar-refractivity contribution in [3.8, 4) is 11.5 Å². The second kappa shape index (κ2) is 8.31. The number of carbonyl (C=O) groups is 2. The number of rotatable bonds is 5. The fraction of sp³-hybridized carbons (Fsp3) is 0.333. The van der Waals surface area contributed by atoms with Crippen LogP contribution in [0.25, 0.3) is 0 Å². The predicted molar refractivity (Wildman–Crippen MR) is 104 cm³/mol. The van der Waals surface area contributed by atoms with E-state index in [9.17, 15) is 9.59 Å². The molecule has 1 heterocycles. The average molecular weight is 384 g/mol. The fourth-order valence-corrected chi connectivity index (χ4v) is 3.03. The van der Waals surface area contributed by atoms with Gasteiger partial charge in [0.2, 0.25) is 0 Å². The molecule has 0 aliphatic carbocycles. The van der Waals surface area contributed by atoms with Gasteiger partial charge in [-0.1, -0.05) is 12.1 Å². The summed E-state index contributed by atoms with van der Waals surface area (Å²) in [6, 6.07) is 14.2. The Bertz CT molecular complexity index is 825. The maximum Gasteiger partial charge on any atom is 0.405 e. The molecular weight excluding hydrogens is 360 g/mol. The molecular formula is C21H24N2O5. The lowest BCUT2D eigenvalue weighted by Gasteiger charge is -2.26. The minimum atomic E-state index is -1.07. The first-order valence-electron chi connectivity index (χ1n) is 9.12. The molecule has 2 N–H and O–H groups in total. The highest BCUT2D eigenvalue weighted by Gasteiger charge is 2.22. The molecule has 0 spiro atoms. The van der Waals surface area contributed by atoms with Crippen molar-refractivity contribution in [3.05, 3.63) is 59.7 Å².